The van der Waals surface area contributed by atoms with Crippen LogP contribution in [0, 0.1) is 6.92 Å². The molecular formula is C9H9BrF3NO. The third kappa shape index (κ3) is 3.37. The van der Waals surface area contributed by atoms with E-state index in [0.717, 1.165) is 12.5 Å². The van der Waals surface area contributed by atoms with E-state index in [-0.39, 0.29) is 5.88 Å². The molecule has 0 aliphatic heterocycles. The molecule has 0 saturated heterocycles. The number of hydrogen-bond donors (Lipinski definition) is 0. The van der Waals surface area contributed by atoms with Crippen LogP contribution in [0.5, 0.6) is 5.88 Å². The van der Waals surface area contributed by atoms with Gasteiger partial charge in [0.05, 0.1) is 4.47 Å². The second-order valence-electron chi connectivity index (χ2n) is 3.10. The zero-order valence-electron chi connectivity index (χ0n) is 8.10. The van der Waals surface area contributed by atoms with Gasteiger partial charge < -0.3 is 4.74 Å². The van der Waals surface area contributed by atoms with Crippen LogP contribution in [-0.2, 0) is 0 Å². The molecule has 84 valence electrons. The summed E-state index contributed by atoms with van der Waals surface area (Å²) in [6.07, 6.45) is -4.81. The van der Waals surface area contributed by atoms with E-state index in [0.29, 0.717) is 4.47 Å². The van der Waals surface area contributed by atoms with Crippen LogP contribution >= 0.6 is 15.9 Å². The molecule has 0 aromatic carbocycles. The molecule has 1 heterocycles. The molecule has 2 nitrogen and oxygen atoms in total. The van der Waals surface area contributed by atoms with Crippen molar-refractivity contribution in [3.05, 3.63) is 22.3 Å². The summed E-state index contributed by atoms with van der Waals surface area (Å²) in [5.41, 5.74) is 0.842. The molecule has 1 aromatic rings. The molecule has 0 fully saturated rings. The fourth-order valence-electron chi connectivity index (χ4n) is 0.842. The van der Waals surface area contributed by atoms with Gasteiger partial charge in [-0.15, -0.1) is 0 Å². The highest BCUT2D eigenvalue weighted by atomic mass is 79.9. The number of pyridine rings is 1. The number of ether oxygens (including phenoxy) is 1. The van der Waals surface area contributed by atoms with Crippen LogP contribution in [0.25, 0.3) is 0 Å². The zero-order valence-corrected chi connectivity index (χ0v) is 9.69. The van der Waals surface area contributed by atoms with Gasteiger partial charge in [0.2, 0.25) is 5.88 Å². The van der Waals surface area contributed by atoms with E-state index >= 15 is 0 Å². The Balaban J connectivity index is 2.82. The Hall–Kier alpha value is -0.780. The molecule has 1 unspecified atom stereocenters. The highest BCUT2D eigenvalue weighted by molar-refractivity contribution is 9.10. The first-order valence-electron chi connectivity index (χ1n) is 4.16. The molecule has 0 aliphatic carbocycles. The SMILES string of the molecule is Cc1cnc(OC(C)C(F)(F)F)c(Br)c1. The predicted molar refractivity (Wildman–Crippen MR) is 52.8 cm³/mol. The lowest BCUT2D eigenvalue weighted by Gasteiger charge is -2.17. The highest BCUT2D eigenvalue weighted by Crippen LogP contribution is 2.28. The average molecular weight is 284 g/mol. The minimum absolute atomic E-state index is 0.0505. The summed E-state index contributed by atoms with van der Waals surface area (Å²) in [6, 6.07) is 1.64. The molecular weight excluding hydrogens is 275 g/mol. The van der Waals surface area contributed by atoms with E-state index in [1.165, 1.54) is 6.20 Å². The number of nitrogens with zero attached hydrogens (tertiary/aromatic N) is 1. The van der Waals surface area contributed by atoms with Crippen molar-refractivity contribution in [3.63, 3.8) is 0 Å². The molecule has 1 aromatic heterocycles. The topological polar surface area (TPSA) is 22.1 Å². The molecule has 0 N–H and O–H groups in total. The van der Waals surface area contributed by atoms with Crippen molar-refractivity contribution in [2.24, 2.45) is 0 Å². The number of halogens is 4. The van der Waals surface area contributed by atoms with E-state index in [1.807, 2.05) is 0 Å². The fraction of sp³-hybridized carbons (Fsp3) is 0.444. The van der Waals surface area contributed by atoms with Crippen LogP contribution < -0.4 is 4.74 Å². The largest absolute Gasteiger partial charge is 0.464 e. The third-order valence-electron chi connectivity index (χ3n) is 1.69. The number of hydrogen-bond acceptors (Lipinski definition) is 2. The highest BCUT2D eigenvalue weighted by Gasteiger charge is 2.38. The van der Waals surface area contributed by atoms with Gasteiger partial charge in [0.15, 0.2) is 6.10 Å². The van der Waals surface area contributed by atoms with E-state index in [4.69, 9.17) is 0 Å². The molecule has 0 bridgehead atoms. The fourth-order valence-corrected chi connectivity index (χ4v) is 1.40. The first kappa shape index (κ1) is 12.3. The number of aryl methyl sites for hydroxylation is 1. The molecule has 1 rings (SSSR count). The molecule has 0 spiro atoms. The van der Waals surface area contributed by atoms with Crippen LogP contribution in [0.4, 0.5) is 13.2 Å². The van der Waals surface area contributed by atoms with Crippen LogP contribution in [0.2, 0.25) is 0 Å². The average Bonchev–Trinajstić information content (AvgIpc) is 2.08. The Kier molecular flexibility index (Phi) is 3.59. The lowest BCUT2D eigenvalue weighted by Crippen LogP contribution is -2.31. The van der Waals surface area contributed by atoms with Crippen LogP contribution in [0.1, 0.15) is 12.5 Å². The maximum absolute atomic E-state index is 12.2. The Labute approximate surface area is 93.6 Å². The molecule has 0 aliphatic rings. The predicted octanol–water partition coefficient (Wildman–Crippen LogP) is 3.48. The smallest absolute Gasteiger partial charge is 0.425 e. The zero-order chi connectivity index (χ0) is 11.6. The first-order valence-corrected chi connectivity index (χ1v) is 4.95. The Morgan fingerprint density at radius 2 is 2.07 bits per heavy atom. The van der Waals surface area contributed by atoms with E-state index < -0.39 is 12.3 Å². The first-order chi connectivity index (χ1) is 6.80. The Morgan fingerprint density at radius 1 is 1.47 bits per heavy atom. The summed E-state index contributed by atoms with van der Waals surface area (Å²) in [7, 11) is 0. The maximum atomic E-state index is 12.2. The number of alkyl halides is 3. The lowest BCUT2D eigenvalue weighted by molar-refractivity contribution is -0.190. The second-order valence-corrected chi connectivity index (χ2v) is 3.96. The van der Waals surface area contributed by atoms with Gasteiger partial charge in [-0.1, -0.05) is 0 Å². The minimum Gasteiger partial charge on any atom is -0.464 e. The van der Waals surface area contributed by atoms with Crippen molar-refractivity contribution in [3.8, 4) is 5.88 Å². The third-order valence-corrected chi connectivity index (χ3v) is 2.26. The van der Waals surface area contributed by atoms with Crippen LogP contribution in [0.15, 0.2) is 16.7 Å². The standard InChI is InChI=1S/C9H9BrF3NO/c1-5-3-7(10)8(14-4-5)15-6(2)9(11,12)13/h3-4,6H,1-2H3. The Bertz CT molecular complexity index is 354. The van der Waals surface area contributed by atoms with Gasteiger partial charge in [-0.3, -0.25) is 0 Å². The van der Waals surface area contributed by atoms with Gasteiger partial charge in [-0.05, 0) is 41.4 Å². The van der Waals surface area contributed by atoms with E-state index in [2.05, 4.69) is 25.7 Å². The summed E-state index contributed by atoms with van der Waals surface area (Å²) >= 11 is 3.09. The van der Waals surface area contributed by atoms with Gasteiger partial charge in [-0.25, -0.2) is 4.98 Å². The van der Waals surface area contributed by atoms with Crippen LogP contribution in [-0.4, -0.2) is 17.3 Å². The van der Waals surface area contributed by atoms with Gasteiger partial charge >= 0.3 is 6.18 Å². The second kappa shape index (κ2) is 4.38. The van der Waals surface area contributed by atoms with Gasteiger partial charge in [-0.2, -0.15) is 13.2 Å². The normalized spacial score (nSPS) is 13.7. The van der Waals surface area contributed by atoms with E-state index in [1.54, 1.807) is 13.0 Å². The molecule has 0 amide bonds. The summed E-state index contributed by atoms with van der Waals surface area (Å²) in [5, 5.41) is 0. The van der Waals surface area contributed by atoms with Gasteiger partial charge in [0.1, 0.15) is 0 Å². The number of aromatic nitrogens is 1. The van der Waals surface area contributed by atoms with Gasteiger partial charge in [0.25, 0.3) is 0 Å². The summed E-state index contributed by atoms with van der Waals surface area (Å²) in [4.78, 5) is 3.76. The summed E-state index contributed by atoms with van der Waals surface area (Å²) in [6.45, 7) is 2.72. The van der Waals surface area contributed by atoms with Crippen molar-refractivity contribution in [2.45, 2.75) is 26.1 Å². The maximum Gasteiger partial charge on any atom is 0.425 e. The Morgan fingerprint density at radius 3 is 2.53 bits per heavy atom. The van der Waals surface area contributed by atoms with E-state index in [9.17, 15) is 13.2 Å². The van der Waals surface area contributed by atoms with Crippen molar-refractivity contribution >= 4 is 15.9 Å². The minimum atomic E-state index is -4.38. The molecule has 15 heavy (non-hydrogen) atoms. The molecule has 1 atom stereocenters. The number of rotatable bonds is 2. The molecule has 0 saturated carbocycles. The quantitative estimate of drug-likeness (QED) is 0.829. The monoisotopic (exact) mass is 283 g/mol. The van der Waals surface area contributed by atoms with Crippen molar-refractivity contribution in [1.82, 2.24) is 4.98 Å². The van der Waals surface area contributed by atoms with Gasteiger partial charge in [0, 0.05) is 6.20 Å². The molecule has 6 heteroatoms. The van der Waals surface area contributed by atoms with Crippen molar-refractivity contribution < 1.29 is 17.9 Å². The van der Waals surface area contributed by atoms with Crippen LogP contribution in [0.3, 0.4) is 0 Å². The lowest BCUT2D eigenvalue weighted by atomic mass is 10.3. The van der Waals surface area contributed by atoms with Crippen molar-refractivity contribution in [1.29, 1.82) is 0 Å². The summed E-state index contributed by atoms with van der Waals surface area (Å²) in [5.74, 6) is -0.0505. The molecule has 0 radical (unpaired) electrons. The summed E-state index contributed by atoms with van der Waals surface area (Å²) < 4.78 is 41.6. The van der Waals surface area contributed by atoms with Crippen molar-refractivity contribution in [2.75, 3.05) is 0 Å².